The summed E-state index contributed by atoms with van der Waals surface area (Å²) < 4.78 is 0. The van der Waals surface area contributed by atoms with E-state index >= 15 is 0 Å². The van der Waals surface area contributed by atoms with E-state index in [0.29, 0.717) is 17.1 Å². The summed E-state index contributed by atoms with van der Waals surface area (Å²) in [5, 5.41) is 29.8. The maximum Gasteiger partial charge on any atom is 0.269 e. The van der Waals surface area contributed by atoms with Gasteiger partial charge in [0.25, 0.3) is 5.69 Å². The number of azo groups is 1. The topological polar surface area (TPSA) is 88.1 Å². The quantitative estimate of drug-likeness (QED) is 0.339. The first-order valence-electron chi connectivity index (χ1n) is 8.90. The molecule has 0 saturated heterocycles. The zero-order valence-corrected chi connectivity index (χ0v) is 15.6. The van der Waals surface area contributed by atoms with Gasteiger partial charge in [-0.05, 0) is 60.1 Å². The number of aromatic hydroxyl groups is 1. The van der Waals surface area contributed by atoms with Crippen molar-refractivity contribution in [3.05, 3.63) is 57.6 Å². The van der Waals surface area contributed by atoms with Crippen LogP contribution in [0.4, 0.5) is 17.1 Å². The van der Waals surface area contributed by atoms with Crippen LogP contribution in [0.25, 0.3) is 0 Å². The Morgan fingerprint density at radius 1 is 0.962 bits per heavy atom. The third-order valence-electron chi connectivity index (χ3n) is 4.78. The van der Waals surface area contributed by atoms with Gasteiger partial charge in [0.2, 0.25) is 0 Å². The van der Waals surface area contributed by atoms with Crippen molar-refractivity contribution in [1.82, 2.24) is 0 Å². The number of phenolic OH excluding ortho intramolecular Hbond substituents is 1. The van der Waals surface area contributed by atoms with Gasteiger partial charge in [-0.1, -0.05) is 27.7 Å². The summed E-state index contributed by atoms with van der Waals surface area (Å²) in [5.74, 6) is 0.780. The number of non-ortho nitro benzene ring substituents is 1. The molecule has 2 aromatic carbocycles. The Morgan fingerprint density at radius 2 is 1.42 bits per heavy atom. The number of nitrogens with zero attached hydrogens (tertiary/aromatic N) is 3. The number of rotatable bonds is 7. The summed E-state index contributed by atoms with van der Waals surface area (Å²) in [7, 11) is 0. The van der Waals surface area contributed by atoms with Crippen molar-refractivity contribution in [2.24, 2.45) is 10.2 Å². The van der Waals surface area contributed by atoms with Gasteiger partial charge in [0.05, 0.1) is 16.3 Å². The number of nitro groups is 1. The predicted molar refractivity (Wildman–Crippen MR) is 103 cm³/mol. The van der Waals surface area contributed by atoms with E-state index < -0.39 is 4.92 Å². The molecule has 2 aromatic rings. The number of hydrogen-bond acceptors (Lipinski definition) is 5. The van der Waals surface area contributed by atoms with Gasteiger partial charge >= 0.3 is 0 Å². The molecule has 0 amide bonds. The van der Waals surface area contributed by atoms with Gasteiger partial charge < -0.3 is 5.11 Å². The molecule has 6 nitrogen and oxygen atoms in total. The molecule has 0 heterocycles. The summed E-state index contributed by atoms with van der Waals surface area (Å²) in [6.45, 7) is 8.32. The van der Waals surface area contributed by atoms with Gasteiger partial charge in [0, 0.05) is 12.1 Å². The summed E-state index contributed by atoms with van der Waals surface area (Å²) >= 11 is 0. The summed E-state index contributed by atoms with van der Waals surface area (Å²) in [6, 6.07) is 9.66. The van der Waals surface area contributed by atoms with E-state index in [4.69, 9.17) is 0 Å². The third kappa shape index (κ3) is 4.45. The van der Waals surface area contributed by atoms with Gasteiger partial charge in [-0.2, -0.15) is 10.2 Å². The number of nitro benzene ring substituents is 1. The standard InChI is InChI=1S/C20H25N3O3/c1-5-13(3)18-11-16(12-19(20(18)24)14(4)6-2)22-21-15-7-9-17(10-8-15)23(25)26/h7-14,24H,5-6H2,1-4H3. The lowest BCUT2D eigenvalue weighted by atomic mass is 9.89. The zero-order chi connectivity index (χ0) is 19.3. The van der Waals surface area contributed by atoms with Crippen LogP contribution in [0, 0.1) is 10.1 Å². The van der Waals surface area contributed by atoms with Crippen molar-refractivity contribution in [2.45, 2.75) is 52.4 Å². The van der Waals surface area contributed by atoms with Gasteiger partial charge in [-0.25, -0.2) is 0 Å². The Bertz CT molecular complexity index is 769. The molecule has 0 aliphatic rings. The van der Waals surface area contributed by atoms with Crippen LogP contribution < -0.4 is 0 Å². The highest BCUT2D eigenvalue weighted by Crippen LogP contribution is 2.39. The van der Waals surface area contributed by atoms with E-state index in [1.165, 1.54) is 12.1 Å². The first kappa shape index (κ1) is 19.6. The average Bonchev–Trinajstić information content (AvgIpc) is 2.66. The molecule has 0 spiro atoms. The molecule has 138 valence electrons. The number of hydrogen-bond donors (Lipinski definition) is 1. The van der Waals surface area contributed by atoms with Gasteiger partial charge in [-0.15, -0.1) is 0 Å². The lowest BCUT2D eigenvalue weighted by Gasteiger charge is -2.18. The summed E-state index contributed by atoms with van der Waals surface area (Å²) in [6.07, 6.45) is 1.83. The molecule has 1 N–H and O–H groups in total. The minimum Gasteiger partial charge on any atom is -0.507 e. The van der Waals surface area contributed by atoms with Gasteiger partial charge in [0.1, 0.15) is 5.75 Å². The first-order valence-corrected chi connectivity index (χ1v) is 8.90. The van der Waals surface area contributed by atoms with Crippen molar-refractivity contribution < 1.29 is 10.0 Å². The van der Waals surface area contributed by atoms with Gasteiger partial charge in [-0.3, -0.25) is 10.1 Å². The first-order chi connectivity index (χ1) is 12.4. The lowest BCUT2D eigenvalue weighted by molar-refractivity contribution is -0.384. The van der Waals surface area contributed by atoms with E-state index in [0.717, 1.165) is 24.0 Å². The highest BCUT2D eigenvalue weighted by molar-refractivity contribution is 5.55. The second-order valence-corrected chi connectivity index (χ2v) is 6.56. The Labute approximate surface area is 153 Å². The van der Waals surface area contributed by atoms with Crippen LogP contribution in [0.2, 0.25) is 0 Å². The monoisotopic (exact) mass is 355 g/mol. The second kappa shape index (κ2) is 8.56. The minimum atomic E-state index is -0.447. The molecular formula is C20H25N3O3. The van der Waals surface area contributed by atoms with E-state index in [9.17, 15) is 15.2 Å². The van der Waals surface area contributed by atoms with Crippen molar-refractivity contribution >= 4 is 17.1 Å². The number of benzene rings is 2. The SMILES string of the molecule is CCC(C)c1cc(N=Nc2ccc([N+](=O)[O-])cc2)cc(C(C)CC)c1O. The van der Waals surface area contributed by atoms with Crippen LogP contribution >= 0.6 is 0 Å². The molecule has 26 heavy (non-hydrogen) atoms. The van der Waals surface area contributed by atoms with Crippen molar-refractivity contribution in [3.8, 4) is 5.75 Å². The molecule has 2 rings (SSSR count). The molecule has 0 saturated carbocycles. The summed E-state index contributed by atoms with van der Waals surface area (Å²) in [5.41, 5.74) is 2.99. The van der Waals surface area contributed by atoms with Crippen LogP contribution in [-0.4, -0.2) is 10.0 Å². The van der Waals surface area contributed by atoms with Crippen LogP contribution in [-0.2, 0) is 0 Å². The minimum absolute atomic E-state index is 0.0201. The lowest BCUT2D eigenvalue weighted by Crippen LogP contribution is -1.98. The highest BCUT2D eigenvalue weighted by atomic mass is 16.6. The molecule has 2 atom stereocenters. The van der Waals surface area contributed by atoms with Crippen LogP contribution in [0.5, 0.6) is 5.75 Å². The predicted octanol–water partition coefficient (Wildman–Crippen LogP) is 6.74. The van der Waals surface area contributed by atoms with E-state index in [2.05, 4.69) is 37.9 Å². The van der Waals surface area contributed by atoms with Crippen molar-refractivity contribution in [1.29, 1.82) is 0 Å². The number of phenols is 1. The fourth-order valence-corrected chi connectivity index (χ4v) is 2.67. The Balaban J connectivity index is 2.39. The second-order valence-electron chi connectivity index (χ2n) is 6.56. The Kier molecular flexibility index (Phi) is 6.44. The normalized spacial score (nSPS) is 13.7. The molecule has 0 fully saturated rings. The fourth-order valence-electron chi connectivity index (χ4n) is 2.67. The van der Waals surface area contributed by atoms with E-state index in [1.807, 2.05) is 12.1 Å². The van der Waals surface area contributed by atoms with E-state index in [-0.39, 0.29) is 17.5 Å². The smallest absolute Gasteiger partial charge is 0.269 e. The molecule has 6 heteroatoms. The van der Waals surface area contributed by atoms with E-state index in [1.54, 1.807) is 12.1 Å². The van der Waals surface area contributed by atoms with Gasteiger partial charge in [0.15, 0.2) is 0 Å². The van der Waals surface area contributed by atoms with Crippen molar-refractivity contribution in [2.75, 3.05) is 0 Å². The molecule has 0 aliphatic heterocycles. The highest BCUT2D eigenvalue weighted by Gasteiger charge is 2.17. The molecule has 0 bridgehead atoms. The maximum atomic E-state index is 10.7. The fraction of sp³-hybridized carbons (Fsp3) is 0.400. The average molecular weight is 355 g/mol. The van der Waals surface area contributed by atoms with Crippen LogP contribution in [0.1, 0.15) is 63.5 Å². The molecule has 2 unspecified atom stereocenters. The maximum absolute atomic E-state index is 10.7. The third-order valence-corrected chi connectivity index (χ3v) is 4.78. The van der Waals surface area contributed by atoms with Crippen molar-refractivity contribution in [3.63, 3.8) is 0 Å². The zero-order valence-electron chi connectivity index (χ0n) is 15.6. The molecule has 0 aliphatic carbocycles. The largest absolute Gasteiger partial charge is 0.507 e. The molecule has 0 radical (unpaired) electrons. The summed E-state index contributed by atoms with van der Waals surface area (Å²) in [4.78, 5) is 10.3. The van der Waals surface area contributed by atoms with Crippen LogP contribution in [0.3, 0.4) is 0 Å². The molecule has 0 aromatic heterocycles. The molecular weight excluding hydrogens is 330 g/mol. The Morgan fingerprint density at radius 3 is 1.85 bits per heavy atom. The van der Waals surface area contributed by atoms with Crippen LogP contribution in [0.15, 0.2) is 46.6 Å². The Hall–Kier alpha value is -2.76.